The van der Waals surface area contributed by atoms with E-state index in [0.29, 0.717) is 70.1 Å². The molecule has 6 aromatic carbocycles. The molecule has 0 unspecified atom stereocenters. The van der Waals surface area contributed by atoms with Crippen LogP contribution < -0.4 is 24.0 Å². The van der Waals surface area contributed by atoms with Crippen LogP contribution in [-0.2, 0) is 0 Å². The van der Waals surface area contributed by atoms with E-state index < -0.39 is 9.85 Å². The molecule has 0 aliphatic carbocycles. The minimum absolute atomic E-state index is 0. The van der Waals surface area contributed by atoms with Crippen LogP contribution in [0.15, 0.2) is 158 Å². The Labute approximate surface area is 406 Å². The van der Waals surface area contributed by atoms with Gasteiger partial charge in [-0.3, -0.25) is 20.2 Å². The van der Waals surface area contributed by atoms with Gasteiger partial charge >= 0.3 is 5.69 Å². The van der Waals surface area contributed by atoms with Gasteiger partial charge in [-0.25, -0.2) is 0 Å². The minimum atomic E-state index is -0.479. The zero-order valence-electron chi connectivity index (χ0n) is 39.0. The van der Waals surface area contributed by atoms with Gasteiger partial charge in [0.1, 0.15) is 22.9 Å². The molecule has 0 amide bonds. The number of methoxy groups -OCH3 is 3. The van der Waals surface area contributed by atoms with Crippen molar-refractivity contribution in [2.75, 3.05) is 70.5 Å². The van der Waals surface area contributed by atoms with Gasteiger partial charge in [-0.2, -0.15) is 20.5 Å². The average molecular weight is 958 g/mol. The lowest BCUT2D eigenvalue weighted by Crippen LogP contribution is -2.25. The summed E-state index contributed by atoms with van der Waals surface area (Å²) in [6.07, 6.45) is 0. The average Bonchev–Trinajstić information content (AvgIpc) is 3.38. The summed E-state index contributed by atoms with van der Waals surface area (Å²) in [6.45, 7) is 9.18. The maximum Gasteiger partial charge on any atom is 0.426 e. The summed E-state index contributed by atoms with van der Waals surface area (Å²) in [7, 11) is 4.46. The number of aryl methyl sites for hydroxylation is 1. The van der Waals surface area contributed by atoms with Crippen molar-refractivity contribution >= 4 is 62.6 Å². The quantitative estimate of drug-likeness (QED) is 0.0332. The molecule has 0 aliphatic heterocycles. The molecule has 0 saturated carbocycles. The summed E-state index contributed by atoms with van der Waals surface area (Å²) < 4.78 is 16.0. The molecule has 0 bridgehead atoms. The highest BCUT2D eigenvalue weighted by Crippen LogP contribution is 2.41. The van der Waals surface area contributed by atoms with Crippen molar-refractivity contribution in [1.29, 1.82) is 5.39 Å². The number of hydrogen-bond donors (Lipinski definition) is 2. The number of hydrogen-bond acceptors (Lipinski definition) is 18. The molecule has 0 atom stereocenters. The first kappa shape index (κ1) is 55.6. The fraction of sp³-hybridized carbons (Fsp3) is 0.265. The Morgan fingerprint density at radius 1 is 0.557 bits per heavy atom. The molecule has 0 heterocycles. The summed E-state index contributed by atoms with van der Waals surface area (Å²) in [5.41, 5.74) is 6.15. The molecule has 0 radical (unpaired) electrons. The first-order valence-corrected chi connectivity index (χ1v) is 21.3. The largest absolute Gasteiger partial charge is 0.494 e. The third kappa shape index (κ3) is 16.5. The highest BCUT2D eigenvalue weighted by molar-refractivity contribution is 5.67. The third-order valence-electron chi connectivity index (χ3n) is 9.87. The van der Waals surface area contributed by atoms with Gasteiger partial charge in [-0.1, -0.05) is 25.6 Å². The van der Waals surface area contributed by atoms with Gasteiger partial charge in [-0.05, 0) is 87.0 Å². The van der Waals surface area contributed by atoms with Gasteiger partial charge in [0.05, 0.1) is 67.1 Å². The van der Waals surface area contributed by atoms with Crippen molar-refractivity contribution in [3.05, 3.63) is 158 Å². The third-order valence-corrected chi connectivity index (χ3v) is 9.87. The van der Waals surface area contributed by atoms with Crippen molar-refractivity contribution in [2.45, 2.75) is 28.2 Å². The smallest absolute Gasteiger partial charge is 0.426 e. The number of ether oxygens (including phenoxy) is 3. The monoisotopic (exact) mass is 957 g/mol. The van der Waals surface area contributed by atoms with E-state index in [1.54, 1.807) is 31.2 Å². The van der Waals surface area contributed by atoms with Crippen molar-refractivity contribution in [3.8, 4) is 17.2 Å². The van der Waals surface area contributed by atoms with Gasteiger partial charge in [0.25, 0.3) is 11.4 Å². The van der Waals surface area contributed by atoms with Crippen LogP contribution in [0, 0.1) is 32.5 Å². The Kier molecular flexibility index (Phi) is 23.1. The number of likely N-dealkylation sites (N-methyl/N-ethyl adjacent to an activating group) is 2. The normalized spacial score (nSPS) is 10.6. The van der Waals surface area contributed by atoms with Crippen LogP contribution >= 0.6 is 0 Å². The van der Waals surface area contributed by atoms with Crippen LogP contribution in [0.25, 0.3) is 4.98 Å². The number of anilines is 2. The van der Waals surface area contributed by atoms with Gasteiger partial charge in [0, 0.05) is 86.1 Å². The van der Waals surface area contributed by atoms with E-state index >= 15 is 0 Å². The van der Waals surface area contributed by atoms with Crippen LogP contribution in [-0.4, -0.2) is 80.8 Å². The summed E-state index contributed by atoms with van der Waals surface area (Å²) in [5, 5.41) is 73.2. The lowest BCUT2D eigenvalue weighted by molar-refractivity contribution is -0.385. The summed E-state index contributed by atoms with van der Waals surface area (Å²) in [6, 6.07) is 35.6. The predicted molar refractivity (Wildman–Crippen MR) is 270 cm³/mol. The first-order valence-electron chi connectivity index (χ1n) is 21.3. The Balaban J connectivity index is 0.000000314. The van der Waals surface area contributed by atoms with E-state index in [1.165, 1.54) is 75.5 Å². The predicted octanol–water partition coefficient (Wildman–Crippen LogP) is 13.2. The number of rotatable bonds is 19. The number of non-ortho nitro benzene ring substituents is 2. The minimum Gasteiger partial charge on any atom is -0.494 e. The fourth-order valence-electron chi connectivity index (χ4n) is 6.20. The molecule has 0 fully saturated rings. The van der Waals surface area contributed by atoms with Gasteiger partial charge in [-0.15, -0.1) is 10.2 Å². The van der Waals surface area contributed by atoms with Crippen molar-refractivity contribution in [3.63, 3.8) is 0 Å². The van der Waals surface area contributed by atoms with Crippen LogP contribution in [0.3, 0.4) is 0 Å². The van der Waals surface area contributed by atoms with Gasteiger partial charge < -0.3 is 34.2 Å². The summed E-state index contributed by atoms with van der Waals surface area (Å²) in [4.78, 5) is 27.7. The molecular formula is C49H57N12O9+. The van der Waals surface area contributed by atoms with Crippen LogP contribution in [0.2, 0.25) is 0 Å². The molecule has 70 heavy (non-hydrogen) atoms. The number of aliphatic hydroxyl groups excluding tert-OH is 2. The molecule has 21 heteroatoms. The molecule has 0 spiro atoms. The fourth-order valence-corrected chi connectivity index (χ4v) is 6.20. The summed E-state index contributed by atoms with van der Waals surface area (Å²) >= 11 is 0. The SMILES string of the molecule is C.CCN(CCO)c1ccc(N=Nc2cc(OC)c(N=Nc3ccc([N+](=O)[O-])cc3)cc2OC)cc1.CCN(CCO)c1ccccc1.COc1cc(N=Nc2ccc([N+](=O)[O-])cc2)c(C)cc1[N+]#N. The number of para-hydroxylation sites is 1. The van der Waals surface area contributed by atoms with Crippen molar-refractivity contribution < 1.29 is 34.3 Å². The van der Waals surface area contributed by atoms with E-state index in [9.17, 15) is 25.3 Å². The molecular weight excluding hydrogens is 901 g/mol. The molecule has 2 N–H and O–H groups in total. The standard InChI is InChI=1S/C24H26N6O5.C14H12N5O3.C10H15NO.CH4/c1-4-29(13-14-31)19-9-5-17(6-10-19)25-27-21-15-24(35-3)22(16-23(21)34-2)28-26-18-7-11-20(12-8-18)30(32)33;1-9-7-13(16-15)14(22-2)8-12(9)18-17-10-3-5-11(6-4-10)19(20)21;1-2-11(8-9-12)10-6-4-3-5-7-10;/h5-12,15-16,31H,4,13-14H2,1-3H3;3-8H,1-2H3;3-7,12H,2,8-9H2,1H3;1H4/q;+1;;. The van der Waals surface area contributed by atoms with E-state index in [2.05, 4.69) is 64.5 Å². The molecule has 0 saturated heterocycles. The van der Waals surface area contributed by atoms with Crippen LogP contribution in [0.5, 0.6) is 17.2 Å². The maximum atomic E-state index is 10.8. The number of diazo groups is 1. The molecule has 0 aliphatic rings. The Hall–Kier alpha value is -8.74. The number of nitro groups is 2. The number of azo groups is 3. The first-order chi connectivity index (χ1) is 33.4. The number of benzene rings is 6. The van der Waals surface area contributed by atoms with Gasteiger partial charge in [0.2, 0.25) is 11.1 Å². The molecule has 6 aromatic rings. The zero-order chi connectivity index (χ0) is 50.1. The second kappa shape index (κ2) is 29.1. The van der Waals surface area contributed by atoms with Crippen molar-refractivity contribution in [1.82, 2.24) is 0 Å². The second-order valence-corrected chi connectivity index (χ2v) is 14.2. The Bertz CT molecular complexity index is 2720. The van der Waals surface area contributed by atoms with E-state index in [0.717, 1.165) is 24.3 Å². The topological polar surface area (TPSA) is 263 Å². The van der Waals surface area contributed by atoms with E-state index in [1.807, 2.05) is 49.4 Å². The van der Waals surface area contributed by atoms with E-state index in [4.69, 9.17) is 24.7 Å². The summed E-state index contributed by atoms with van der Waals surface area (Å²) in [5.74, 6) is 1.19. The highest BCUT2D eigenvalue weighted by Gasteiger charge is 2.18. The maximum absolute atomic E-state index is 10.8. The van der Waals surface area contributed by atoms with E-state index in [-0.39, 0.29) is 32.0 Å². The molecule has 366 valence electrons. The van der Waals surface area contributed by atoms with Crippen molar-refractivity contribution in [2.24, 2.45) is 30.7 Å². The molecule has 0 aromatic heterocycles. The van der Waals surface area contributed by atoms with Gasteiger partial charge in [0.15, 0.2) is 4.98 Å². The Morgan fingerprint density at radius 3 is 1.29 bits per heavy atom. The lowest BCUT2D eigenvalue weighted by atomic mass is 10.1. The Morgan fingerprint density at radius 2 is 0.929 bits per heavy atom. The zero-order valence-corrected chi connectivity index (χ0v) is 39.0. The molecule has 21 nitrogen and oxygen atoms in total. The lowest BCUT2D eigenvalue weighted by Gasteiger charge is -2.21. The number of aliphatic hydroxyl groups is 2. The second-order valence-electron chi connectivity index (χ2n) is 14.2. The number of nitro benzene ring substituents is 2. The molecule has 6 rings (SSSR count). The number of nitrogens with zero attached hydrogens (tertiary/aromatic N) is 12. The van der Waals surface area contributed by atoms with Crippen LogP contribution in [0.4, 0.5) is 62.6 Å². The highest BCUT2D eigenvalue weighted by atomic mass is 16.6. The van der Waals surface area contributed by atoms with Crippen LogP contribution in [0.1, 0.15) is 26.8 Å².